The van der Waals surface area contributed by atoms with Crippen LogP contribution >= 0.6 is 11.6 Å². The minimum atomic E-state index is -0.130. The molecule has 0 heterocycles. The topological polar surface area (TPSA) is 38.3 Å². The fraction of sp³-hybridized carbons (Fsp3) is 0.208. The van der Waals surface area contributed by atoms with Gasteiger partial charge in [-0.1, -0.05) is 72.3 Å². The van der Waals surface area contributed by atoms with Gasteiger partial charge in [-0.2, -0.15) is 0 Å². The number of carbonyl (C=O) groups is 1. The summed E-state index contributed by atoms with van der Waals surface area (Å²) in [4.78, 5) is 12.2. The van der Waals surface area contributed by atoms with E-state index in [9.17, 15) is 4.79 Å². The number of halogens is 1. The molecule has 144 valence electrons. The smallest absolute Gasteiger partial charge is 0.257 e. The molecule has 1 N–H and O–H groups in total. The van der Waals surface area contributed by atoms with Crippen molar-refractivity contribution in [2.24, 2.45) is 0 Å². The highest BCUT2D eigenvalue weighted by Gasteiger charge is 2.14. The number of carbonyl (C=O) groups excluding carboxylic acids is 1. The Kier molecular flexibility index (Phi) is 7.10. The first-order valence-electron chi connectivity index (χ1n) is 9.39. The van der Waals surface area contributed by atoms with Crippen molar-refractivity contribution in [2.75, 3.05) is 13.2 Å². The average Bonchev–Trinajstić information content (AvgIpc) is 2.72. The first kappa shape index (κ1) is 20.0. The van der Waals surface area contributed by atoms with Crippen LogP contribution in [-0.4, -0.2) is 19.1 Å². The van der Waals surface area contributed by atoms with Crippen LogP contribution in [0.1, 0.15) is 29.0 Å². The van der Waals surface area contributed by atoms with Crippen molar-refractivity contribution in [2.45, 2.75) is 19.3 Å². The Morgan fingerprint density at radius 3 is 2.14 bits per heavy atom. The van der Waals surface area contributed by atoms with Crippen molar-refractivity contribution in [3.05, 3.63) is 101 Å². The van der Waals surface area contributed by atoms with Gasteiger partial charge in [0.2, 0.25) is 0 Å². The van der Waals surface area contributed by atoms with E-state index in [1.807, 2.05) is 49.4 Å². The zero-order valence-electron chi connectivity index (χ0n) is 15.9. The van der Waals surface area contributed by atoms with E-state index in [1.165, 1.54) is 11.1 Å². The minimum Gasteiger partial charge on any atom is -0.484 e. The van der Waals surface area contributed by atoms with E-state index in [4.69, 9.17) is 16.3 Å². The fourth-order valence-corrected chi connectivity index (χ4v) is 3.45. The molecule has 0 aliphatic rings. The summed E-state index contributed by atoms with van der Waals surface area (Å²) in [5.41, 5.74) is 3.40. The number of ether oxygens (including phenoxy) is 1. The number of hydrogen-bond donors (Lipinski definition) is 1. The summed E-state index contributed by atoms with van der Waals surface area (Å²) in [7, 11) is 0. The maximum Gasteiger partial charge on any atom is 0.257 e. The van der Waals surface area contributed by atoms with Crippen LogP contribution in [0.3, 0.4) is 0 Å². The Morgan fingerprint density at radius 2 is 1.57 bits per heavy atom. The highest BCUT2D eigenvalue weighted by molar-refractivity contribution is 6.30. The molecular formula is C24H24ClNO2. The SMILES string of the molecule is Cc1cc(Cl)ccc1OCC(=O)NCCC(c1ccccc1)c1ccccc1. The first-order valence-corrected chi connectivity index (χ1v) is 9.77. The molecule has 3 rings (SSSR count). The van der Waals surface area contributed by atoms with Crippen molar-refractivity contribution in [1.82, 2.24) is 5.32 Å². The Hall–Kier alpha value is -2.78. The molecule has 0 aliphatic carbocycles. The van der Waals surface area contributed by atoms with E-state index in [2.05, 4.69) is 29.6 Å². The van der Waals surface area contributed by atoms with Crippen LogP contribution < -0.4 is 10.1 Å². The molecule has 0 atom stereocenters. The van der Waals surface area contributed by atoms with Gasteiger partial charge < -0.3 is 10.1 Å². The van der Waals surface area contributed by atoms with E-state index in [0.29, 0.717) is 17.3 Å². The standard InChI is InChI=1S/C24H24ClNO2/c1-18-16-21(25)12-13-23(18)28-17-24(27)26-15-14-22(19-8-4-2-5-9-19)20-10-6-3-7-11-20/h2-13,16,22H,14-15,17H2,1H3,(H,26,27). The van der Waals surface area contributed by atoms with Crippen LogP contribution in [0, 0.1) is 6.92 Å². The Labute approximate surface area is 171 Å². The summed E-state index contributed by atoms with van der Waals surface area (Å²) in [6.45, 7) is 2.48. The molecule has 28 heavy (non-hydrogen) atoms. The van der Waals surface area contributed by atoms with Gasteiger partial charge in [0.15, 0.2) is 6.61 Å². The molecule has 0 unspecified atom stereocenters. The van der Waals surface area contributed by atoms with Gasteiger partial charge in [0.05, 0.1) is 0 Å². The monoisotopic (exact) mass is 393 g/mol. The fourth-order valence-electron chi connectivity index (χ4n) is 3.22. The summed E-state index contributed by atoms with van der Waals surface area (Å²) in [5, 5.41) is 3.62. The molecule has 0 saturated heterocycles. The molecule has 0 fully saturated rings. The molecule has 0 radical (unpaired) electrons. The number of rotatable bonds is 8. The lowest BCUT2D eigenvalue weighted by atomic mass is 9.88. The normalized spacial score (nSPS) is 10.7. The van der Waals surface area contributed by atoms with Crippen LogP contribution in [0.25, 0.3) is 0 Å². The molecule has 3 aromatic rings. The number of benzene rings is 3. The number of aryl methyl sites for hydroxylation is 1. The summed E-state index contributed by atoms with van der Waals surface area (Å²) < 4.78 is 5.61. The van der Waals surface area contributed by atoms with E-state index >= 15 is 0 Å². The quantitative estimate of drug-likeness (QED) is 0.559. The molecule has 0 aromatic heterocycles. The van der Waals surface area contributed by atoms with Crippen molar-refractivity contribution < 1.29 is 9.53 Å². The lowest BCUT2D eigenvalue weighted by Gasteiger charge is -2.18. The predicted molar refractivity (Wildman–Crippen MR) is 114 cm³/mol. The summed E-state index contributed by atoms with van der Waals surface area (Å²) in [5.74, 6) is 0.780. The lowest BCUT2D eigenvalue weighted by Crippen LogP contribution is -2.30. The van der Waals surface area contributed by atoms with Gasteiger partial charge in [-0.3, -0.25) is 4.79 Å². The van der Waals surface area contributed by atoms with Gasteiger partial charge in [0, 0.05) is 17.5 Å². The lowest BCUT2D eigenvalue weighted by molar-refractivity contribution is -0.123. The third kappa shape index (κ3) is 5.61. The maximum atomic E-state index is 12.2. The summed E-state index contributed by atoms with van der Waals surface area (Å²) >= 11 is 5.94. The minimum absolute atomic E-state index is 0.0101. The first-order chi connectivity index (χ1) is 13.6. The van der Waals surface area contributed by atoms with Crippen molar-refractivity contribution in [1.29, 1.82) is 0 Å². The summed E-state index contributed by atoms with van der Waals surface area (Å²) in [6, 6.07) is 26.1. The molecule has 3 aromatic carbocycles. The number of hydrogen-bond acceptors (Lipinski definition) is 2. The third-order valence-electron chi connectivity index (χ3n) is 4.65. The molecule has 4 heteroatoms. The van der Waals surface area contributed by atoms with Crippen LogP contribution in [0.2, 0.25) is 5.02 Å². The second kappa shape index (κ2) is 9.95. The zero-order valence-corrected chi connectivity index (χ0v) is 16.7. The number of amides is 1. The van der Waals surface area contributed by atoms with Crippen molar-refractivity contribution in [3.8, 4) is 5.75 Å². The Morgan fingerprint density at radius 1 is 0.964 bits per heavy atom. The maximum absolute atomic E-state index is 12.2. The summed E-state index contributed by atoms with van der Waals surface area (Å²) in [6.07, 6.45) is 0.819. The van der Waals surface area contributed by atoms with Crippen molar-refractivity contribution >= 4 is 17.5 Å². The van der Waals surface area contributed by atoms with Crippen LogP contribution in [0.15, 0.2) is 78.9 Å². The molecule has 3 nitrogen and oxygen atoms in total. The van der Waals surface area contributed by atoms with E-state index in [-0.39, 0.29) is 18.4 Å². The van der Waals surface area contributed by atoms with Crippen molar-refractivity contribution in [3.63, 3.8) is 0 Å². The van der Waals surface area contributed by atoms with E-state index in [0.717, 1.165) is 12.0 Å². The van der Waals surface area contributed by atoms with Gasteiger partial charge in [-0.05, 0) is 48.2 Å². The number of nitrogens with one attached hydrogen (secondary N) is 1. The highest BCUT2D eigenvalue weighted by atomic mass is 35.5. The third-order valence-corrected chi connectivity index (χ3v) is 4.89. The molecule has 0 bridgehead atoms. The Balaban J connectivity index is 1.54. The van der Waals surface area contributed by atoms with Gasteiger partial charge in [0.25, 0.3) is 5.91 Å². The van der Waals surface area contributed by atoms with E-state index in [1.54, 1.807) is 12.1 Å². The van der Waals surface area contributed by atoms with E-state index < -0.39 is 0 Å². The largest absolute Gasteiger partial charge is 0.484 e. The highest BCUT2D eigenvalue weighted by Crippen LogP contribution is 2.27. The molecule has 1 amide bonds. The van der Waals surface area contributed by atoms with Gasteiger partial charge >= 0.3 is 0 Å². The van der Waals surface area contributed by atoms with Gasteiger partial charge in [-0.15, -0.1) is 0 Å². The average molecular weight is 394 g/mol. The zero-order chi connectivity index (χ0) is 19.8. The second-order valence-electron chi connectivity index (χ2n) is 6.71. The predicted octanol–water partition coefficient (Wildman–Crippen LogP) is 5.37. The van der Waals surface area contributed by atoms with Gasteiger partial charge in [-0.25, -0.2) is 0 Å². The molecule has 0 spiro atoms. The van der Waals surface area contributed by atoms with Crippen LogP contribution in [0.4, 0.5) is 0 Å². The second-order valence-corrected chi connectivity index (χ2v) is 7.15. The Bertz CT molecular complexity index is 857. The van der Waals surface area contributed by atoms with Gasteiger partial charge in [0.1, 0.15) is 5.75 Å². The molecular weight excluding hydrogens is 370 g/mol. The molecule has 0 saturated carbocycles. The van der Waals surface area contributed by atoms with Crippen LogP contribution in [-0.2, 0) is 4.79 Å². The molecule has 0 aliphatic heterocycles. The van der Waals surface area contributed by atoms with Crippen LogP contribution in [0.5, 0.6) is 5.75 Å².